The Bertz CT molecular complexity index is 521. The second-order valence-corrected chi connectivity index (χ2v) is 9.05. The van der Waals surface area contributed by atoms with Crippen molar-refractivity contribution in [3.8, 4) is 0 Å². The van der Waals surface area contributed by atoms with Crippen LogP contribution in [0.1, 0.15) is 78.1 Å². The molecule has 4 rings (SSSR count). The van der Waals surface area contributed by atoms with Crippen LogP contribution in [0.2, 0.25) is 0 Å². The number of aliphatic hydroxyl groups is 1. The van der Waals surface area contributed by atoms with Gasteiger partial charge in [0.1, 0.15) is 6.61 Å². The highest BCUT2D eigenvalue weighted by Crippen LogP contribution is 2.73. The first-order chi connectivity index (χ1) is 12.2. The van der Waals surface area contributed by atoms with Crippen LogP contribution in [0.4, 0.5) is 0 Å². The summed E-state index contributed by atoms with van der Waals surface area (Å²) in [6.07, 6.45) is 10.7. The summed E-state index contributed by atoms with van der Waals surface area (Å²) in [5.74, 6) is -1.63. The number of hydrogen-bond donors (Lipinski definition) is 2. The molecule has 0 aromatic rings. The van der Waals surface area contributed by atoms with Gasteiger partial charge < -0.3 is 19.7 Å². The maximum atomic E-state index is 10.5. The van der Waals surface area contributed by atoms with Crippen molar-refractivity contribution in [1.29, 1.82) is 0 Å². The lowest BCUT2D eigenvalue weighted by atomic mass is 9.95. The molecule has 148 valence electrons. The van der Waals surface area contributed by atoms with E-state index in [1.807, 2.05) is 0 Å². The molecule has 0 saturated heterocycles. The van der Waals surface area contributed by atoms with Gasteiger partial charge in [-0.25, -0.2) is 0 Å². The van der Waals surface area contributed by atoms with Crippen molar-refractivity contribution in [3.05, 3.63) is 0 Å². The van der Waals surface area contributed by atoms with E-state index in [0.717, 1.165) is 0 Å². The van der Waals surface area contributed by atoms with Crippen molar-refractivity contribution in [2.45, 2.75) is 89.3 Å². The molecule has 4 aliphatic carbocycles. The average Bonchev–Trinajstić information content (AvgIpc) is 3.39. The number of esters is 1. The van der Waals surface area contributed by atoms with Crippen LogP contribution in [0.3, 0.4) is 0 Å². The monoisotopic (exact) mass is 368 g/mol. The first kappa shape index (κ1) is 19.6. The summed E-state index contributed by atoms with van der Waals surface area (Å²) < 4.78 is 11.1. The van der Waals surface area contributed by atoms with E-state index in [4.69, 9.17) is 14.9 Å². The maximum Gasteiger partial charge on any atom is 0.306 e. The molecule has 0 radical (unpaired) electrons. The molecule has 0 heterocycles. The molecular formula is C20H32O6. The lowest BCUT2D eigenvalue weighted by molar-refractivity contribution is -0.148. The topological polar surface area (TPSA) is 93.1 Å². The van der Waals surface area contributed by atoms with Gasteiger partial charge in [-0.3, -0.25) is 9.59 Å². The Balaban J connectivity index is 0.000000161. The van der Waals surface area contributed by atoms with E-state index >= 15 is 0 Å². The SMILES string of the molecule is CC1(C2(OC3(C4(C)CC4)CC3)CC2)CC1.O=C(O)CCC(=O)OCCO. The molecular weight excluding hydrogens is 336 g/mol. The molecule has 0 atom stereocenters. The number of carboxylic acid groups (broad SMARTS) is 1. The van der Waals surface area contributed by atoms with Crippen LogP contribution < -0.4 is 0 Å². The molecule has 0 aromatic heterocycles. The Hall–Kier alpha value is -1.14. The molecule has 0 bridgehead atoms. The third kappa shape index (κ3) is 4.06. The summed E-state index contributed by atoms with van der Waals surface area (Å²) in [6.45, 7) is 4.59. The highest BCUT2D eigenvalue weighted by Gasteiger charge is 2.72. The molecule has 0 spiro atoms. The molecule has 2 N–H and O–H groups in total. The van der Waals surface area contributed by atoms with E-state index in [9.17, 15) is 9.59 Å². The second-order valence-electron chi connectivity index (χ2n) is 9.05. The van der Waals surface area contributed by atoms with Crippen LogP contribution in [-0.2, 0) is 19.1 Å². The fraction of sp³-hybridized carbons (Fsp3) is 0.900. The lowest BCUT2D eigenvalue weighted by Gasteiger charge is -2.33. The van der Waals surface area contributed by atoms with Gasteiger partial charge in [-0.05, 0) is 62.2 Å². The van der Waals surface area contributed by atoms with Crippen LogP contribution in [0.25, 0.3) is 0 Å². The summed E-state index contributed by atoms with van der Waals surface area (Å²) in [7, 11) is 0. The predicted octanol–water partition coefficient (Wildman–Crippen LogP) is 3.06. The van der Waals surface area contributed by atoms with Gasteiger partial charge in [0.05, 0.1) is 30.7 Å². The van der Waals surface area contributed by atoms with E-state index < -0.39 is 11.9 Å². The summed E-state index contributed by atoms with van der Waals surface area (Å²) >= 11 is 0. The zero-order valence-corrected chi connectivity index (χ0v) is 16.0. The Morgan fingerprint density at radius 1 is 0.846 bits per heavy atom. The van der Waals surface area contributed by atoms with E-state index in [-0.39, 0.29) is 26.1 Å². The molecule has 0 unspecified atom stereocenters. The third-order valence-corrected chi connectivity index (χ3v) is 6.90. The van der Waals surface area contributed by atoms with Crippen LogP contribution >= 0.6 is 0 Å². The van der Waals surface area contributed by atoms with Gasteiger partial charge in [0.25, 0.3) is 0 Å². The minimum atomic E-state index is -1.04. The van der Waals surface area contributed by atoms with Gasteiger partial charge in [0.15, 0.2) is 0 Å². The van der Waals surface area contributed by atoms with E-state index in [2.05, 4.69) is 18.6 Å². The van der Waals surface area contributed by atoms with Gasteiger partial charge >= 0.3 is 11.9 Å². The molecule has 0 aromatic carbocycles. The Morgan fingerprint density at radius 2 is 1.31 bits per heavy atom. The molecule has 0 aliphatic heterocycles. The van der Waals surface area contributed by atoms with Crippen molar-refractivity contribution in [2.24, 2.45) is 10.8 Å². The van der Waals surface area contributed by atoms with Gasteiger partial charge in [-0.2, -0.15) is 0 Å². The van der Waals surface area contributed by atoms with E-state index in [1.165, 1.54) is 51.4 Å². The van der Waals surface area contributed by atoms with E-state index in [0.29, 0.717) is 22.0 Å². The highest BCUT2D eigenvalue weighted by atomic mass is 16.5. The molecule has 6 nitrogen and oxygen atoms in total. The van der Waals surface area contributed by atoms with Crippen molar-refractivity contribution < 1.29 is 29.3 Å². The number of carbonyl (C=O) groups excluding carboxylic acids is 1. The summed E-state index contributed by atoms with van der Waals surface area (Å²) in [6, 6.07) is 0. The number of ether oxygens (including phenoxy) is 2. The normalized spacial score (nSPS) is 26.7. The lowest BCUT2D eigenvalue weighted by Crippen LogP contribution is -2.36. The van der Waals surface area contributed by atoms with Gasteiger partial charge in [-0.15, -0.1) is 0 Å². The van der Waals surface area contributed by atoms with Crippen LogP contribution in [-0.4, -0.2) is 46.6 Å². The number of aliphatic carboxylic acids is 1. The Morgan fingerprint density at radius 3 is 1.62 bits per heavy atom. The number of carbonyl (C=O) groups is 2. The number of rotatable bonds is 9. The largest absolute Gasteiger partial charge is 0.481 e. The van der Waals surface area contributed by atoms with Crippen LogP contribution in [0.5, 0.6) is 0 Å². The molecule has 4 fully saturated rings. The average molecular weight is 368 g/mol. The standard InChI is InChI=1S/C14H22O.C6H10O5/c1-11(3-4-11)13(7-8-13)15-14(9-10-14)12(2)5-6-12;7-3-4-11-6(10)2-1-5(8)9/h3-10H2,1-2H3;7H,1-4H2,(H,8,9). The van der Waals surface area contributed by atoms with Gasteiger partial charge in [0.2, 0.25) is 0 Å². The van der Waals surface area contributed by atoms with Crippen molar-refractivity contribution in [1.82, 2.24) is 0 Å². The number of carboxylic acids is 1. The van der Waals surface area contributed by atoms with Crippen molar-refractivity contribution in [3.63, 3.8) is 0 Å². The fourth-order valence-electron chi connectivity index (χ4n) is 3.99. The van der Waals surface area contributed by atoms with Gasteiger partial charge in [0, 0.05) is 0 Å². The molecule has 6 heteroatoms. The minimum absolute atomic E-state index is 0.0710. The summed E-state index contributed by atoms with van der Waals surface area (Å²) in [4.78, 5) is 20.4. The first-order valence-corrected chi connectivity index (χ1v) is 9.88. The summed E-state index contributed by atoms with van der Waals surface area (Å²) in [5, 5.41) is 16.3. The zero-order valence-electron chi connectivity index (χ0n) is 16.0. The molecule has 4 saturated carbocycles. The first-order valence-electron chi connectivity index (χ1n) is 9.88. The zero-order chi connectivity index (χ0) is 19.1. The van der Waals surface area contributed by atoms with Gasteiger partial charge in [-0.1, -0.05) is 13.8 Å². The number of hydrogen-bond acceptors (Lipinski definition) is 5. The van der Waals surface area contributed by atoms with Crippen molar-refractivity contribution in [2.75, 3.05) is 13.2 Å². The quantitative estimate of drug-likeness (QED) is 0.608. The second kappa shape index (κ2) is 6.79. The minimum Gasteiger partial charge on any atom is -0.481 e. The Kier molecular flexibility index (Phi) is 5.12. The molecule has 0 amide bonds. The van der Waals surface area contributed by atoms with Crippen molar-refractivity contribution >= 4 is 11.9 Å². The van der Waals surface area contributed by atoms with Crippen LogP contribution in [0, 0.1) is 10.8 Å². The third-order valence-electron chi connectivity index (χ3n) is 6.90. The Labute approximate surface area is 155 Å². The maximum absolute atomic E-state index is 10.5. The van der Waals surface area contributed by atoms with Crippen LogP contribution in [0.15, 0.2) is 0 Å². The molecule has 26 heavy (non-hydrogen) atoms. The predicted molar refractivity (Wildman–Crippen MR) is 94.6 cm³/mol. The number of aliphatic hydroxyl groups excluding tert-OH is 1. The smallest absolute Gasteiger partial charge is 0.306 e. The fourth-order valence-corrected chi connectivity index (χ4v) is 3.99. The summed E-state index contributed by atoms with van der Waals surface area (Å²) in [5.41, 5.74) is 1.84. The molecule has 4 aliphatic rings. The highest BCUT2D eigenvalue weighted by molar-refractivity contribution is 5.76. The van der Waals surface area contributed by atoms with E-state index in [1.54, 1.807) is 0 Å².